The molecule has 0 aliphatic carbocycles. The summed E-state index contributed by atoms with van der Waals surface area (Å²) in [5, 5.41) is 7.81. The van der Waals surface area contributed by atoms with Crippen molar-refractivity contribution in [2.45, 2.75) is 0 Å². The first kappa shape index (κ1) is 13.9. The van der Waals surface area contributed by atoms with E-state index < -0.39 is 0 Å². The molecule has 1 amide bonds. The second kappa shape index (κ2) is 5.77. The maximum Gasteiger partial charge on any atom is 0.347 e. The van der Waals surface area contributed by atoms with Gasteiger partial charge in [0.25, 0.3) is 0 Å². The van der Waals surface area contributed by atoms with Gasteiger partial charge in [0, 0.05) is 17.1 Å². The van der Waals surface area contributed by atoms with Crippen molar-refractivity contribution in [3.63, 3.8) is 0 Å². The highest BCUT2D eigenvalue weighted by molar-refractivity contribution is 5.97. The van der Waals surface area contributed by atoms with Crippen LogP contribution in [-0.4, -0.2) is 30.0 Å². The SMILES string of the molecule is COc1ccc(NC(=O)n2ncc3ccccc32)cc1OC. The summed E-state index contributed by atoms with van der Waals surface area (Å²) in [6.45, 7) is 0. The lowest BCUT2D eigenvalue weighted by atomic mass is 10.2. The molecule has 0 fully saturated rings. The van der Waals surface area contributed by atoms with Crippen LogP contribution in [-0.2, 0) is 0 Å². The number of anilines is 1. The zero-order valence-electron chi connectivity index (χ0n) is 12.2. The van der Waals surface area contributed by atoms with E-state index in [1.807, 2.05) is 24.3 Å². The average molecular weight is 297 g/mol. The van der Waals surface area contributed by atoms with Crippen molar-refractivity contribution in [3.8, 4) is 11.5 Å². The second-order valence-electron chi connectivity index (χ2n) is 4.62. The Kier molecular flexibility index (Phi) is 3.65. The van der Waals surface area contributed by atoms with E-state index in [-0.39, 0.29) is 6.03 Å². The van der Waals surface area contributed by atoms with Gasteiger partial charge < -0.3 is 14.8 Å². The molecule has 112 valence electrons. The summed E-state index contributed by atoms with van der Waals surface area (Å²) in [6, 6.07) is 12.3. The van der Waals surface area contributed by atoms with Crippen molar-refractivity contribution in [2.24, 2.45) is 0 Å². The lowest BCUT2D eigenvalue weighted by Gasteiger charge is -2.10. The van der Waals surface area contributed by atoms with E-state index in [1.54, 1.807) is 38.6 Å². The Hall–Kier alpha value is -3.02. The third-order valence-electron chi connectivity index (χ3n) is 3.30. The van der Waals surface area contributed by atoms with Crippen molar-refractivity contribution in [3.05, 3.63) is 48.7 Å². The van der Waals surface area contributed by atoms with Gasteiger partial charge in [-0.1, -0.05) is 18.2 Å². The molecule has 3 aromatic rings. The van der Waals surface area contributed by atoms with Gasteiger partial charge in [0.1, 0.15) is 0 Å². The number of carbonyl (C=O) groups excluding carboxylic acids is 1. The zero-order chi connectivity index (χ0) is 15.5. The van der Waals surface area contributed by atoms with Crippen LogP contribution in [0.25, 0.3) is 10.9 Å². The maximum absolute atomic E-state index is 12.4. The number of hydrogen-bond donors (Lipinski definition) is 1. The Bertz CT molecular complexity index is 826. The first-order valence-electron chi connectivity index (χ1n) is 6.69. The molecular formula is C16H15N3O3. The molecule has 0 atom stereocenters. The molecule has 1 N–H and O–H groups in total. The summed E-state index contributed by atoms with van der Waals surface area (Å²) in [4.78, 5) is 12.4. The molecule has 6 heteroatoms. The molecule has 1 aromatic heterocycles. The van der Waals surface area contributed by atoms with Crippen molar-refractivity contribution < 1.29 is 14.3 Å². The van der Waals surface area contributed by atoms with E-state index in [1.165, 1.54) is 4.68 Å². The number of aromatic nitrogens is 2. The molecule has 0 aliphatic heterocycles. The van der Waals surface area contributed by atoms with Gasteiger partial charge in [0.05, 0.1) is 25.9 Å². The van der Waals surface area contributed by atoms with Crippen LogP contribution in [0.4, 0.5) is 10.5 Å². The monoisotopic (exact) mass is 297 g/mol. The van der Waals surface area contributed by atoms with E-state index in [0.29, 0.717) is 17.2 Å². The first-order valence-corrected chi connectivity index (χ1v) is 6.69. The van der Waals surface area contributed by atoms with Crippen LogP contribution in [0.1, 0.15) is 0 Å². The van der Waals surface area contributed by atoms with Crippen LogP contribution < -0.4 is 14.8 Å². The van der Waals surface area contributed by atoms with Gasteiger partial charge in [-0.05, 0) is 18.2 Å². The number of benzene rings is 2. The van der Waals surface area contributed by atoms with Gasteiger partial charge in [-0.2, -0.15) is 9.78 Å². The minimum atomic E-state index is -0.339. The standard InChI is InChI=1S/C16H15N3O3/c1-21-14-8-7-12(9-15(14)22-2)18-16(20)19-13-6-4-3-5-11(13)10-17-19/h3-10H,1-2H3,(H,18,20). The minimum absolute atomic E-state index is 0.339. The topological polar surface area (TPSA) is 65.4 Å². The molecule has 0 saturated heterocycles. The third-order valence-corrected chi connectivity index (χ3v) is 3.30. The zero-order valence-corrected chi connectivity index (χ0v) is 12.2. The number of methoxy groups -OCH3 is 2. The molecule has 1 heterocycles. The van der Waals surface area contributed by atoms with Gasteiger partial charge in [0.2, 0.25) is 0 Å². The minimum Gasteiger partial charge on any atom is -0.493 e. The molecule has 0 bridgehead atoms. The van der Waals surface area contributed by atoms with Gasteiger partial charge in [-0.25, -0.2) is 4.79 Å². The number of ether oxygens (including phenoxy) is 2. The fourth-order valence-electron chi connectivity index (χ4n) is 2.22. The largest absolute Gasteiger partial charge is 0.493 e. The van der Waals surface area contributed by atoms with Crippen molar-refractivity contribution in [1.29, 1.82) is 0 Å². The van der Waals surface area contributed by atoms with Crippen LogP contribution in [0.2, 0.25) is 0 Å². The molecule has 2 aromatic carbocycles. The van der Waals surface area contributed by atoms with E-state index in [4.69, 9.17) is 9.47 Å². The highest BCUT2D eigenvalue weighted by Gasteiger charge is 2.12. The number of para-hydroxylation sites is 1. The molecule has 0 unspecified atom stereocenters. The van der Waals surface area contributed by atoms with Crippen LogP contribution in [0, 0.1) is 0 Å². The predicted molar refractivity (Wildman–Crippen MR) is 83.7 cm³/mol. The van der Waals surface area contributed by atoms with E-state index >= 15 is 0 Å². The van der Waals surface area contributed by atoms with E-state index in [2.05, 4.69) is 10.4 Å². The number of fused-ring (bicyclic) bond motifs is 1. The van der Waals surface area contributed by atoms with Crippen molar-refractivity contribution in [1.82, 2.24) is 9.78 Å². The van der Waals surface area contributed by atoms with Crippen molar-refractivity contribution in [2.75, 3.05) is 19.5 Å². The Morgan fingerprint density at radius 2 is 1.86 bits per heavy atom. The fourth-order valence-corrected chi connectivity index (χ4v) is 2.22. The van der Waals surface area contributed by atoms with Crippen LogP contribution in [0.3, 0.4) is 0 Å². The summed E-state index contributed by atoms with van der Waals surface area (Å²) >= 11 is 0. The quantitative estimate of drug-likeness (QED) is 0.806. The Morgan fingerprint density at radius 3 is 2.64 bits per heavy atom. The molecule has 0 aliphatic rings. The highest BCUT2D eigenvalue weighted by atomic mass is 16.5. The predicted octanol–water partition coefficient (Wildman–Crippen LogP) is 3.13. The average Bonchev–Trinajstić information content (AvgIpc) is 2.98. The second-order valence-corrected chi connectivity index (χ2v) is 4.62. The van der Waals surface area contributed by atoms with Gasteiger partial charge in [-0.3, -0.25) is 0 Å². The number of nitrogens with zero attached hydrogens (tertiary/aromatic N) is 2. The van der Waals surface area contributed by atoms with Gasteiger partial charge in [-0.15, -0.1) is 0 Å². The fraction of sp³-hybridized carbons (Fsp3) is 0.125. The highest BCUT2D eigenvalue weighted by Crippen LogP contribution is 2.29. The number of amides is 1. The normalized spacial score (nSPS) is 10.5. The van der Waals surface area contributed by atoms with E-state index in [0.717, 1.165) is 10.9 Å². The smallest absolute Gasteiger partial charge is 0.347 e. The summed E-state index contributed by atoms with van der Waals surface area (Å²) < 4.78 is 11.7. The Labute approximate surface area is 127 Å². The van der Waals surface area contributed by atoms with Crippen LogP contribution in [0.15, 0.2) is 48.7 Å². The van der Waals surface area contributed by atoms with Crippen LogP contribution >= 0.6 is 0 Å². The number of hydrogen-bond acceptors (Lipinski definition) is 4. The van der Waals surface area contributed by atoms with Gasteiger partial charge in [0.15, 0.2) is 11.5 Å². The molecular weight excluding hydrogens is 282 g/mol. The number of rotatable bonds is 3. The molecule has 0 saturated carbocycles. The lowest BCUT2D eigenvalue weighted by molar-refractivity contribution is 0.252. The molecule has 0 spiro atoms. The number of carbonyl (C=O) groups is 1. The molecule has 22 heavy (non-hydrogen) atoms. The Morgan fingerprint density at radius 1 is 1.09 bits per heavy atom. The summed E-state index contributed by atoms with van der Waals surface area (Å²) in [5.41, 5.74) is 1.35. The Balaban J connectivity index is 1.88. The first-order chi connectivity index (χ1) is 10.7. The maximum atomic E-state index is 12.4. The molecule has 0 radical (unpaired) electrons. The molecule has 6 nitrogen and oxygen atoms in total. The van der Waals surface area contributed by atoms with E-state index in [9.17, 15) is 4.79 Å². The number of nitrogens with one attached hydrogen (secondary N) is 1. The summed E-state index contributed by atoms with van der Waals surface area (Å²) in [5.74, 6) is 1.15. The molecule has 3 rings (SSSR count). The van der Waals surface area contributed by atoms with Gasteiger partial charge >= 0.3 is 6.03 Å². The van der Waals surface area contributed by atoms with Crippen molar-refractivity contribution >= 4 is 22.6 Å². The third kappa shape index (κ3) is 2.46. The lowest BCUT2D eigenvalue weighted by Crippen LogP contribution is -2.20. The van der Waals surface area contributed by atoms with Crippen LogP contribution in [0.5, 0.6) is 11.5 Å². The summed E-state index contributed by atoms with van der Waals surface area (Å²) in [7, 11) is 3.11. The summed E-state index contributed by atoms with van der Waals surface area (Å²) in [6.07, 6.45) is 1.66.